The first kappa shape index (κ1) is 13.6. The summed E-state index contributed by atoms with van der Waals surface area (Å²) in [6, 6.07) is 0.346. The van der Waals surface area contributed by atoms with Crippen molar-refractivity contribution in [3.05, 3.63) is 16.1 Å². The van der Waals surface area contributed by atoms with Crippen LogP contribution in [0.25, 0.3) is 0 Å². The third-order valence-electron chi connectivity index (χ3n) is 2.45. The standard InChI is InChI=1S/C12H23N3S/c1-10(13)5-3-4-7-14-8-6-12-15-11(2)9-16-12/h9-10,14H,3-8,13H2,1-2H3. The van der Waals surface area contributed by atoms with Crippen molar-refractivity contribution in [2.45, 2.75) is 45.6 Å². The zero-order chi connectivity index (χ0) is 11.8. The molecule has 1 unspecified atom stereocenters. The van der Waals surface area contributed by atoms with E-state index in [0.29, 0.717) is 6.04 Å². The van der Waals surface area contributed by atoms with Gasteiger partial charge in [-0.1, -0.05) is 6.42 Å². The topological polar surface area (TPSA) is 50.9 Å². The van der Waals surface area contributed by atoms with Gasteiger partial charge in [0, 0.05) is 30.1 Å². The average Bonchev–Trinajstić information content (AvgIpc) is 2.62. The van der Waals surface area contributed by atoms with Crippen LogP contribution in [0, 0.1) is 6.92 Å². The molecule has 3 nitrogen and oxygen atoms in total. The van der Waals surface area contributed by atoms with E-state index in [1.54, 1.807) is 11.3 Å². The number of thiazole rings is 1. The summed E-state index contributed by atoms with van der Waals surface area (Å²) < 4.78 is 0. The summed E-state index contributed by atoms with van der Waals surface area (Å²) >= 11 is 1.75. The highest BCUT2D eigenvalue weighted by Crippen LogP contribution is 2.08. The summed E-state index contributed by atoms with van der Waals surface area (Å²) in [5.41, 5.74) is 6.82. The third kappa shape index (κ3) is 6.20. The number of aryl methyl sites for hydroxylation is 1. The van der Waals surface area contributed by atoms with E-state index in [1.165, 1.54) is 17.8 Å². The van der Waals surface area contributed by atoms with Crippen LogP contribution in [0.1, 0.15) is 36.9 Å². The van der Waals surface area contributed by atoms with Crippen molar-refractivity contribution in [1.29, 1.82) is 0 Å². The number of hydrogen-bond acceptors (Lipinski definition) is 4. The molecule has 16 heavy (non-hydrogen) atoms. The predicted octanol–water partition coefficient (Wildman–Crippen LogP) is 2.10. The summed E-state index contributed by atoms with van der Waals surface area (Å²) in [7, 11) is 0. The van der Waals surface area contributed by atoms with Gasteiger partial charge in [-0.15, -0.1) is 11.3 Å². The van der Waals surface area contributed by atoms with Crippen LogP contribution in [-0.2, 0) is 6.42 Å². The van der Waals surface area contributed by atoms with Crippen LogP contribution in [0.15, 0.2) is 5.38 Å². The molecule has 3 N–H and O–H groups in total. The van der Waals surface area contributed by atoms with Gasteiger partial charge in [-0.3, -0.25) is 0 Å². The highest BCUT2D eigenvalue weighted by atomic mass is 32.1. The molecule has 0 radical (unpaired) electrons. The van der Waals surface area contributed by atoms with Crippen LogP contribution < -0.4 is 11.1 Å². The molecule has 0 aliphatic carbocycles. The summed E-state index contributed by atoms with van der Waals surface area (Å²) in [6.07, 6.45) is 4.62. The first-order valence-electron chi connectivity index (χ1n) is 6.06. The quantitative estimate of drug-likeness (QED) is 0.685. The zero-order valence-corrected chi connectivity index (χ0v) is 11.1. The minimum Gasteiger partial charge on any atom is -0.328 e. The van der Waals surface area contributed by atoms with Gasteiger partial charge in [0.15, 0.2) is 0 Å². The number of hydrogen-bond donors (Lipinski definition) is 2. The van der Waals surface area contributed by atoms with Gasteiger partial charge in [0.05, 0.1) is 5.01 Å². The van der Waals surface area contributed by atoms with E-state index in [4.69, 9.17) is 5.73 Å². The van der Waals surface area contributed by atoms with Crippen LogP contribution in [0.5, 0.6) is 0 Å². The number of nitrogens with one attached hydrogen (secondary N) is 1. The first-order valence-corrected chi connectivity index (χ1v) is 6.93. The maximum atomic E-state index is 5.68. The maximum Gasteiger partial charge on any atom is 0.0940 e. The molecule has 0 aromatic carbocycles. The maximum absolute atomic E-state index is 5.68. The smallest absolute Gasteiger partial charge is 0.0940 e. The van der Waals surface area contributed by atoms with Gasteiger partial charge >= 0.3 is 0 Å². The monoisotopic (exact) mass is 241 g/mol. The third-order valence-corrected chi connectivity index (χ3v) is 3.47. The normalized spacial score (nSPS) is 12.9. The lowest BCUT2D eigenvalue weighted by molar-refractivity contribution is 0.564. The minimum absolute atomic E-state index is 0.346. The van der Waals surface area contributed by atoms with E-state index >= 15 is 0 Å². The van der Waals surface area contributed by atoms with E-state index < -0.39 is 0 Å². The molecule has 1 aromatic rings. The molecule has 1 atom stereocenters. The van der Waals surface area contributed by atoms with Gasteiger partial charge in [0.1, 0.15) is 0 Å². The van der Waals surface area contributed by atoms with Crippen molar-refractivity contribution in [3.8, 4) is 0 Å². The molecule has 0 aliphatic heterocycles. The van der Waals surface area contributed by atoms with Gasteiger partial charge in [0.25, 0.3) is 0 Å². The second-order valence-corrected chi connectivity index (χ2v) is 5.30. The largest absolute Gasteiger partial charge is 0.328 e. The highest BCUT2D eigenvalue weighted by molar-refractivity contribution is 7.09. The lowest BCUT2D eigenvalue weighted by atomic mass is 10.1. The molecule has 0 aliphatic rings. The molecular weight excluding hydrogens is 218 g/mol. The van der Waals surface area contributed by atoms with Crippen LogP contribution in [0.2, 0.25) is 0 Å². The molecule has 0 spiro atoms. The summed E-state index contributed by atoms with van der Waals surface area (Å²) in [5.74, 6) is 0. The Balaban J connectivity index is 1.92. The van der Waals surface area contributed by atoms with Crippen LogP contribution >= 0.6 is 11.3 Å². The fourth-order valence-corrected chi connectivity index (χ4v) is 2.33. The molecule has 1 rings (SSSR count). The second-order valence-electron chi connectivity index (χ2n) is 4.36. The van der Waals surface area contributed by atoms with E-state index in [0.717, 1.165) is 31.6 Å². The Morgan fingerprint density at radius 1 is 1.44 bits per heavy atom. The second kappa shape index (κ2) is 7.76. The molecule has 0 amide bonds. The van der Waals surface area contributed by atoms with E-state index in [-0.39, 0.29) is 0 Å². The SMILES string of the molecule is Cc1csc(CCNCCCCC(C)N)n1. The fraction of sp³-hybridized carbons (Fsp3) is 0.750. The summed E-state index contributed by atoms with van der Waals surface area (Å²) in [4.78, 5) is 4.43. The highest BCUT2D eigenvalue weighted by Gasteiger charge is 1.98. The first-order chi connectivity index (χ1) is 7.68. The molecule has 92 valence electrons. The fourth-order valence-electron chi connectivity index (χ4n) is 1.55. The van der Waals surface area contributed by atoms with Gasteiger partial charge in [-0.2, -0.15) is 0 Å². The molecule has 1 heterocycles. The Morgan fingerprint density at radius 2 is 2.25 bits per heavy atom. The Hall–Kier alpha value is -0.450. The lowest BCUT2D eigenvalue weighted by Gasteiger charge is -2.05. The van der Waals surface area contributed by atoms with Crippen LogP contribution in [0.4, 0.5) is 0 Å². The number of nitrogens with two attached hydrogens (primary N) is 1. The zero-order valence-electron chi connectivity index (χ0n) is 10.3. The van der Waals surface area contributed by atoms with Gasteiger partial charge in [-0.25, -0.2) is 4.98 Å². The predicted molar refractivity (Wildman–Crippen MR) is 70.9 cm³/mol. The van der Waals surface area contributed by atoms with E-state index in [1.807, 2.05) is 6.92 Å². The van der Waals surface area contributed by atoms with Gasteiger partial charge < -0.3 is 11.1 Å². The molecule has 1 aromatic heterocycles. The van der Waals surface area contributed by atoms with Crippen molar-refractivity contribution < 1.29 is 0 Å². The Bertz CT molecular complexity index is 284. The Kier molecular flexibility index (Phi) is 6.61. The van der Waals surface area contributed by atoms with Crippen molar-refractivity contribution in [1.82, 2.24) is 10.3 Å². The molecule has 4 heteroatoms. The van der Waals surface area contributed by atoms with Crippen LogP contribution in [-0.4, -0.2) is 24.1 Å². The van der Waals surface area contributed by atoms with Crippen molar-refractivity contribution in [2.24, 2.45) is 5.73 Å². The number of rotatable bonds is 8. The minimum atomic E-state index is 0.346. The molecule has 0 saturated heterocycles. The van der Waals surface area contributed by atoms with E-state index in [2.05, 4.69) is 22.6 Å². The van der Waals surface area contributed by atoms with Crippen molar-refractivity contribution >= 4 is 11.3 Å². The number of unbranched alkanes of at least 4 members (excludes halogenated alkanes) is 1. The Labute approximate surface area is 102 Å². The lowest BCUT2D eigenvalue weighted by Crippen LogP contribution is -2.19. The van der Waals surface area contributed by atoms with E-state index in [9.17, 15) is 0 Å². The molecule has 0 saturated carbocycles. The molecule has 0 bridgehead atoms. The van der Waals surface area contributed by atoms with Crippen LogP contribution in [0.3, 0.4) is 0 Å². The molecular formula is C12H23N3S. The van der Waals surface area contributed by atoms with Crippen molar-refractivity contribution in [3.63, 3.8) is 0 Å². The van der Waals surface area contributed by atoms with Gasteiger partial charge in [0.2, 0.25) is 0 Å². The number of nitrogens with zero attached hydrogens (tertiary/aromatic N) is 1. The Morgan fingerprint density at radius 3 is 2.88 bits per heavy atom. The van der Waals surface area contributed by atoms with Crippen molar-refractivity contribution in [2.75, 3.05) is 13.1 Å². The summed E-state index contributed by atoms with van der Waals surface area (Å²) in [5, 5.41) is 6.79. The number of aromatic nitrogens is 1. The average molecular weight is 241 g/mol. The summed E-state index contributed by atoms with van der Waals surface area (Å²) in [6.45, 7) is 6.24. The van der Waals surface area contributed by atoms with Gasteiger partial charge in [-0.05, 0) is 33.2 Å². The molecule has 0 fully saturated rings.